The van der Waals surface area contributed by atoms with Gasteiger partial charge in [-0.2, -0.15) is 0 Å². The predicted octanol–water partition coefficient (Wildman–Crippen LogP) is -0.545. The van der Waals surface area contributed by atoms with Crippen LogP contribution in [0.4, 0.5) is 11.4 Å². The van der Waals surface area contributed by atoms with E-state index in [1.807, 2.05) is 0 Å². The molecule has 1 aromatic carbocycles. The maximum Gasteiger partial charge on any atom is 0.254 e. The fourth-order valence-corrected chi connectivity index (χ4v) is 1.13. The molecule has 2 amide bonds. The average molecular weight is 222 g/mol. The van der Waals surface area contributed by atoms with Crippen molar-refractivity contribution in [3.63, 3.8) is 0 Å². The summed E-state index contributed by atoms with van der Waals surface area (Å²) >= 11 is 0. The summed E-state index contributed by atoms with van der Waals surface area (Å²) in [5.41, 5.74) is 17.1. The smallest absolute Gasteiger partial charge is 0.254 e. The first-order valence-corrected chi connectivity index (χ1v) is 4.67. The highest BCUT2D eigenvalue weighted by atomic mass is 16.2. The zero-order chi connectivity index (χ0) is 12.3. The lowest BCUT2D eigenvalue weighted by Crippen LogP contribution is -2.42. The lowest BCUT2D eigenvalue weighted by Gasteiger charge is -2.11. The number of rotatable bonds is 3. The Morgan fingerprint density at radius 2 is 1.94 bits per heavy atom. The molecular weight excluding hydrogens is 208 g/mol. The van der Waals surface area contributed by atoms with Crippen molar-refractivity contribution in [2.45, 2.75) is 13.0 Å². The van der Waals surface area contributed by atoms with Gasteiger partial charge in [-0.3, -0.25) is 9.59 Å². The van der Waals surface area contributed by atoms with Gasteiger partial charge in [0.25, 0.3) is 5.91 Å². The lowest BCUT2D eigenvalue weighted by molar-refractivity contribution is -0.119. The van der Waals surface area contributed by atoms with Crippen molar-refractivity contribution in [2.24, 2.45) is 5.73 Å². The summed E-state index contributed by atoms with van der Waals surface area (Å²) in [4.78, 5) is 22.4. The zero-order valence-corrected chi connectivity index (χ0v) is 8.86. The van der Waals surface area contributed by atoms with E-state index in [2.05, 4.69) is 5.32 Å². The summed E-state index contributed by atoms with van der Waals surface area (Å²) < 4.78 is 0. The van der Waals surface area contributed by atoms with Crippen molar-refractivity contribution in [3.8, 4) is 0 Å². The monoisotopic (exact) mass is 222 g/mol. The van der Waals surface area contributed by atoms with Crippen LogP contribution in [0.15, 0.2) is 18.2 Å². The summed E-state index contributed by atoms with van der Waals surface area (Å²) in [6.45, 7) is 1.49. The number of anilines is 2. The minimum Gasteiger partial charge on any atom is -0.399 e. The molecule has 6 heteroatoms. The van der Waals surface area contributed by atoms with Gasteiger partial charge in [-0.15, -0.1) is 0 Å². The molecule has 6 nitrogen and oxygen atoms in total. The van der Waals surface area contributed by atoms with Gasteiger partial charge in [0.1, 0.15) is 6.04 Å². The minimum atomic E-state index is -0.746. The van der Waals surface area contributed by atoms with E-state index in [4.69, 9.17) is 17.2 Å². The van der Waals surface area contributed by atoms with E-state index in [9.17, 15) is 9.59 Å². The summed E-state index contributed by atoms with van der Waals surface area (Å²) in [6.07, 6.45) is 0. The molecule has 1 unspecified atom stereocenters. The summed E-state index contributed by atoms with van der Waals surface area (Å²) in [5, 5.41) is 2.42. The molecule has 0 aliphatic carbocycles. The second-order valence-electron chi connectivity index (χ2n) is 3.44. The number of hydrogen-bond acceptors (Lipinski definition) is 4. The number of benzene rings is 1. The Hall–Kier alpha value is -2.24. The number of nitrogen functional groups attached to an aromatic ring is 2. The SMILES string of the molecule is CC(NC(=O)c1ccc(N)cc1N)C(N)=O. The van der Waals surface area contributed by atoms with E-state index in [0.29, 0.717) is 5.69 Å². The molecule has 1 atom stereocenters. The molecule has 1 aromatic rings. The molecule has 7 N–H and O–H groups in total. The second kappa shape index (κ2) is 4.52. The second-order valence-corrected chi connectivity index (χ2v) is 3.44. The van der Waals surface area contributed by atoms with E-state index in [0.717, 1.165) is 0 Å². The Morgan fingerprint density at radius 1 is 1.31 bits per heavy atom. The fourth-order valence-electron chi connectivity index (χ4n) is 1.13. The number of primary amides is 1. The van der Waals surface area contributed by atoms with Crippen molar-refractivity contribution in [2.75, 3.05) is 11.5 Å². The van der Waals surface area contributed by atoms with E-state index in [1.54, 1.807) is 6.07 Å². The Bertz CT molecular complexity index is 431. The van der Waals surface area contributed by atoms with Crippen LogP contribution in [0.25, 0.3) is 0 Å². The highest BCUT2D eigenvalue weighted by Gasteiger charge is 2.15. The van der Waals surface area contributed by atoms with Crippen LogP contribution >= 0.6 is 0 Å². The van der Waals surface area contributed by atoms with Gasteiger partial charge in [0.15, 0.2) is 0 Å². The molecule has 0 spiro atoms. The van der Waals surface area contributed by atoms with Crippen LogP contribution < -0.4 is 22.5 Å². The van der Waals surface area contributed by atoms with Gasteiger partial charge in [-0.25, -0.2) is 0 Å². The first-order valence-electron chi connectivity index (χ1n) is 4.67. The number of nitrogens with one attached hydrogen (secondary N) is 1. The fraction of sp³-hybridized carbons (Fsp3) is 0.200. The number of carbonyl (C=O) groups is 2. The van der Waals surface area contributed by atoms with E-state index >= 15 is 0 Å². The Labute approximate surface area is 92.8 Å². The maximum absolute atomic E-state index is 11.7. The summed E-state index contributed by atoms with van der Waals surface area (Å²) in [5.74, 6) is -1.06. The molecule has 0 radical (unpaired) electrons. The molecule has 1 rings (SSSR count). The molecule has 86 valence electrons. The normalized spacial score (nSPS) is 11.8. The molecule has 0 fully saturated rings. The number of carbonyl (C=O) groups excluding carboxylic acids is 2. The molecule has 0 heterocycles. The molecule has 0 saturated carbocycles. The summed E-state index contributed by atoms with van der Waals surface area (Å²) in [7, 11) is 0. The van der Waals surface area contributed by atoms with Crippen LogP contribution in [0.2, 0.25) is 0 Å². The van der Waals surface area contributed by atoms with E-state index in [1.165, 1.54) is 19.1 Å². The van der Waals surface area contributed by atoms with Crippen molar-refractivity contribution in [1.29, 1.82) is 0 Å². The minimum absolute atomic E-state index is 0.258. The third-order valence-electron chi connectivity index (χ3n) is 2.09. The Balaban J connectivity index is 2.85. The first-order chi connectivity index (χ1) is 7.41. The third-order valence-corrected chi connectivity index (χ3v) is 2.09. The lowest BCUT2D eigenvalue weighted by atomic mass is 10.1. The van der Waals surface area contributed by atoms with Crippen LogP contribution in [0.3, 0.4) is 0 Å². The summed E-state index contributed by atoms with van der Waals surface area (Å²) in [6, 6.07) is 3.78. The van der Waals surface area contributed by atoms with E-state index < -0.39 is 17.9 Å². The molecule has 0 saturated heterocycles. The maximum atomic E-state index is 11.7. The molecular formula is C10H14N4O2. The van der Waals surface area contributed by atoms with Crippen LogP contribution in [-0.4, -0.2) is 17.9 Å². The van der Waals surface area contributed by atoms with Crippen LogP contribution in [0, 0.1) is 0 Å². The van der Waals surface area contributed by atoms with Gasteiger partial charge >= 0.3 is 0 Å². The average Bonchev–Trinajstić information content (AvgIpc) is 2.16. The van der Waals surface area contributed by atoms with Gasteiger partial charge in [-0.1, -0.05) is 0 Å². The molecule has 0 bridgehead atoms. The zero-order valence-electron chi connectivity index (χ0n) is 8.86. The Morgan fingerprint density at radius 3 is 2.44 bits per heavy atom. The van der Waals surface area contributed by atoms with Gasteiger partial charge in [0.2, 0.25) is 5.91 Å². The van der Waals surface area contributed by atoms with Gasteiger partial charge in [-0.05, 0) is 25.1 Å². The highest BCUT2D eigenvalue weighted by Crippen LogP contribution is 2.15. The molecule has 16 heavy (non-hydrogen) atoms. The van der Waals surface area contributed by atoms with E-state index in [-0.39, 0.29) is 11.3 Å². The van der Waals surface area contributed by atoms with Crippen LogP contribution in [0.5, 0.6) is 0 Å². The molecule has 0 aromatic heterocycles. The quantitative estimate of drug-likeness (QED) is 0.512. The predicted molar refractivity (Wildman–Crippen MR) is 61.4 cm³/mol. The van der Waals surface area contributed by atoms with Gasteiger partial charge < -0.3 is 22.5 Å². The van der Waals surface area contributed by atoms with Crippen LogP contribution in [0.1, 0.15) is 17.3 Å². The third kappa shape index (κ3) is 2.63. The van der Waals surface area contributed by atoms with Crippen molar-refractivity contribution >= 4 is 23.2 Å². The first kappa shape index (κ1) is 11.8. The largest absolute Gasteiger partial charge is 0.399 e. The standard InChI is InChI=1S/C10H14N4O2/c1-5(9(13)15)14-10(16)7-3-2-6(11)4-8(7)12/h2-5H,11-12H2,1H3,(H2,13,15)(H,14,16). The van der Waals surface area contributed by atoms with Gasteiger partial charge in [0, 0.05) is 11.4 Å². The van der Waals surface area contributed by atoms with Gasteiger partial charge in [0.05, 0.1) is 5.56 Å². The number of nitrogens with two attached hydrogens (primary N) is 3. The number of hydrogen-bond donors (Lipinski definition) is 4. The topological polar surface area (TPSA) is 124 Å². The molecule has 0 aliphatic heterocycles. The highest BCUT2D eigenvalue weighted by molar-refractivity contribution is 6.01. The molecule has 0 aliphatic rings. The van der Waals surface area contributed by atoms with Crippen molar-refractivity contribution < 1.29 is 9.59 Å². The van der Waals surface area contributed by atoms with Crippen molar-refractivity contribution in [3.05, 3.63) is 23.8 Å². The van der Waals surface area contributed by atoms with Crippen LogP contribution in [-0.2, 0) is 4.79 Å². The van der Waals surface area contributed by atoms with Crippen molar-refractivity contribution in [1.82, 2.24) is 5.32 Å². The number of amides is 2. The Kier molecular flexibility index (Phi) is 3.34.